The van der Waals surface area contributed by atoms with Gasteiger partial charge >= 0.3 is 26.2 Å². The molecule has 0 aliphatic heterocycles. The summed E-state index contributed by atoms with van der Waals surface area (Å²) in [5.41, 5.74) is 14.8. The molecule has 6 rings (SSSR count). The first kappa shape index (κ1) is 25.0. The molecule has 0 aromatic heterocycles. The minimum atomic E-state index is 0. The zero-order chi connectivity index (χ0) is 19.4. The first-order chi connectivity index (χ1) is 14.3. The molecule has 1 atom stereocenters. The summed E-state index contributed by atoms with van der Waals surface area (Å²) in [5, 5.41) is 0. The number of fused-ring (bicyclic) bond motifs is 6. The van der Waals surface area contributed by atoms with Gasteiger partial charge in [-0.2, -0.15) is 0 Å². The maximum absolute atomic E-state index is 2.40. The molecule has 0 heterocycles. The Morgan fingerprint density at radius 3 is 1.75 bits per heavy atom. The molecular weight excluding hydrogens is 510 g/mol. The quantitative estimate of drug-likeness (QED) is 0.320. The Hall–Kier alpha value is -1.66. The van der Waals surface area contributed by atoms with E-state index in [1.165, 1.54) is 55.6 Å². The van der Waals surface area contributed by atoms with Gasteiger partial charge in [0.1, 0.15) is 0 Å². The van der Waals surface area contributed by atoms with Crippen LogP contribution in [0.1, 0.15) is 46.2 Å². The number of halogens is 2. The van der Waals surface area contributed by atoms with Crippen molar-refractivity contribution in [3.8, 4) is 22.3 Å². The van der Waals surface area contributed by atoms with Gasteiger partial charge in [0, 0.05) is 0 Å². The van der Waals surface area contributed by atoms with E-state index in [1.54, 1.807) is 0 Å². The molecule has 2 aliphatic carbocycles. The van der Waals surface area contributed by atoms with E-state index in [0.717, 1.165) is 19.3 Å². The first-order valence-corrected chi connectivity index (χ1v) is 10.7. The van der Waals surface area contributed by atoms with Crippen molar-refractivity contribution in [3.05, 3.63) is 118 Å². The summed E-state index contributed by atoms with van der Waals surface area (Å²) >= 11 is 0. The van der Waals surface area contributed by atoms with Gasteiger partial charge in [0.25, 0.3) is 0 Å². The van der Waals surface area contributed by atoms with Crippen LogP contribution < -0.4 is 24.8 Å². The SMILES string of the molecule is CC(Cc1cccc2c1Cc1ccccc1-2)c1cccc2c1Cc1ccccc1-2.[Cl-].[Cl-].[Zr+2]. The molecule has 2 aliphatic rings. The molecule has 0 bridgehead atoms. The Kier molecular flexibility index (Phi) is 7.87. The van der Waals surface area contributed by atoms with Crippen LogP contribution in [0.25, 0.3) is 22.3 Å². The summed E-state index contributed by atoms with van der Waals surface area (Å²) in [6.45, 7) is 2.40. The molecule has 32 heavy (non-hydrogen) atoms. The minimum Gasteiger partial charge on any atom is -1.00 e. The molecule has 0 nitrogen and oxygen atoms in total. The zero-order valence-corrected chi connectivity index (χ0v) is 22.0. The van der Waals surface area contributed by atoms with E-state index in [4.69, 9.17) is 0 Å². The van der Waals surface area contributed by atoms with E-state index in [1.807, 2.05) is 0 Å². The van der Waals surface area contributed by atoms with E-state index >= 15 is 0 Å². The Labute approximate surface area is 222 Å². The summed E-state index contributed by atoms with van der Waals surface area (Å²) < 4.78 is 0. The molecule has 0 saturated carbocycles. The van der Waals surface area contributed by atoms with Gasteiger partial charge in [-0.05, 0) is 80.8 Å². The molecule has 4 aromatic rings. The molecule has 0 saturated heterocycles. The second-order valence-electron chi connectivity index (χ2n) is 8.59. The molecule has 0 N–H and O–H groups in total. The van der Waals surface area contributed by atoms with Crippen LogP contribution in [0, 0.1) is 0 Å². The average Bonchev–Trinajstić information content (AvgIpc) is 3.32. The molecule has 0 spiro atoms. The van der Waals surface area contributed by atoms with Gasteiger partial charge in [-0.15, -0.1) is 0 Å². The molecule has 3 heteroatoms. The van der Waals surface area contributed by atoms with Crippen molar-refractivity contribution in [3.63, 3.8) is 0 Å². The molecule has 0 radical (unpaired) electrons. The predicted molar refractivity (Wildman–Crippen MR) is 121 cm³/mol. The van der Waals surface area contributed by atoms with Gasteiger partial charge in [-0.1, -0.05) is 91.9 Å². The Morgan fingerprint density at radius 1 is 0.594 bits per heavy atom. The molecule has 158 valence electrons. The number of rotatable bonds is 3. The van der Waals surface area contributed by atoms with Crippen LogP contribution in [0.5, 0.6) is 0 Å². The summed E-state index contributed by atoms with van der Waals surface area (Å²) in [6.07, 6.45) is 3.25. The Bertz CT molecular complexity index is 1260. The van der Waals surface area contributed by atoms with Gasteiger partial charge in [0.15, 0.2) is 0 Å². The summed E-state index contributed by atoms with van der Waals surface area (Å²) in [5.74, 6) is 0.509. The van der Waals surface area contributed by atoms with Gasteiger partial charge < -0.3 is 24.8 Å². The summed E-state index contributed by atoms with van der Waals surface area (Å²) in [7, 11) is 0. The molecule has 0 amide bonds. The molecule has 0 fully saturated rings. The van der Waals surface area contributed by atoms with E-state index in [0.29, 0.717) is 5.92 Å². The van der Waals surface area contributed by atoms with Crippen LogP contribution in [-0.2, 0) is 45.5 Å². The van der Waals surface area contributed by atoms with Crippen molar-refractivity contribution in [2.75, 3.05) is 0 Å². The van der Waals surface area contributed by atoms with E-state index in [9.17, 15) is 0 Å². The fourth-order valence-corrected chi connectivity index (χ4v) is 5.50. The maximum Gasteiger partial charge on any atom is 2.00 e. The van der Waals surface area contributed by atoms with Crippen LogP contribution in [-0.4, -0.2) is 0 Å². The van der Waals surface area contributed by atoms with E-state index in [2.05, 4.69) is 91.9 Å². The second-order valence-corrected chi connectivity index (χ2v) is 8.59. The van der Waals surface area contributed by atoms with Gasteiger partial charge in [-0.25, -0.2) is 0 Å². The number of benzene rings is 4. The van der Waals surface area contributed by atoms with Crippen LogP contribution in [0.2, 0.25) is 0 Å². The van der Waals surface area contributed by atoms with E-state index in [-0.39, 0.29) is 51.0 Å². The second kappa shape index (κ2) is 10.1. The number of hydrogen-bond acceptors (Lipinski definition) is 0. The molecule has 4 aromatic carbocycles. The Morgan fingerprint density at radius 2 is 1.09 bits per heavy atom. The maximum atomic E-state index is 2.40. The molecule has 1 unspecified atom stereocenters. The van der Waals surface area contributed by atoms with Crippen molar-refractivity contribution in [1.82, 2.24) is 0 Å². The van der Waals surface area contributed by atoms with Crippen LogP contribution >= 0.6 is 0 Å². The largest absolute Gasteiger partial charge is 2.00 e. The predicted octanol–water partition coefficient (Wildman–Crippen LogP) is 1.18. The third kappa shape index (κ3) is 4.05. The van der Waals surface area contributed by atoms with Crippen molar-refractivity contribution in [2.24, 2.45) is 0 Å². The third-order valence-electron chi connectivity index (χ3n) is 6.89. The fourth-order valence-electron chi connectivity index (χ4n) is 5.50. The van der Waals surface area contributed by atoms with Crippen molar-refractivity contribution >= 4 is 0 Å². The zero-order valence-electron chi connectivity index (χ0n) is 18.0. The van der Waals surface area contributed by atoms with Gasteiger partial charge in [0.2, 0.25) is 0 Å². The summed E-state index contributed by atoms with van der Waals surface area (Å²) in [4.78, 5) is 0. The van der Waals surface area contributed by atoms with Crippen LogP contribution in [0.4, 0.5) is 0 Å². The topological polar surface area (TPSA) is 0 Å². The fraction of sp³-hybridized carbons (Fsp3) is 0.172. The Balaban J connectivity index is 0.000000963. The van der Waals surface area contributed by atoms with Crippen LogP contribution in [0.3, 0.4) is 0 Å². The standard InChI is InChI=1S/C29H24.2ClH.Zr/c1-19(23-13-7-15-27-25-12-5-3-9-22(25)18-29(23)27)16-20-10-6-14-26-24-11-4-2-8-21(24)17-28(20)26;;;/h2-15,19H,16-18H2,1H3;2*1H;/q;;;+2/p-2. The van der Waals surface area contributed by atoms with Crippen LogP contribution in [0.15, 0.2) is 84.9 Å². The first-order valence-electron chi connectivity index (χ1n) is 10.7. The summed E-state index contributed by atoms with van der Waals surface area (Å²) in [6, 6.07) is 31.6. The average molecular weight is 535 g/mol. The third-order valence-corrected chi connectivity index (χ3v) is 6.89. The van der Waals surface area contributed by atoms with Gasteiger partial charge in [0.05, 0.1) is 0 Å². The van der Waals surface area contributed by atoms with Crippen molar-refractivity contribution < 1.29 is 51.0 Å². The minimum absolute atomic E-state index is 0. The van der Waals surface area contributed by atoms with Crippen molar-refractivity contribution in [1.29, 1.82) is 0 Å². The van der Waals surface area contributed by atoms with Crippen molar-refractivity contribution in [2.45, 2.75) is 32.1 Å². The normalized spacial score (nSPS) is 12.8. The molecular formula is C29H24Cl2Zr. The smallest absolute Gasteiger partial charge is 1.00 e. The van der Waals surface area contributed by atoms with Gasteiger partial charge in [-0.3, -0.25) is 0 Å². The van der Waals surface area contributed by atoms with E-state index < -0.39 is 0 Å². The number of hydrogen-bond donors (Lipinski definition) is 0. The monoisotopic (exact) mass is 532 g/mol.